The molecule has 0 aliphatic rings. The zero-order valence-corrected chi connectivity index (χ0v) is 21.3. The average Bonchev–Trinajstić information content (AvgIpc) is 3.16. The Morgan fingerprint density at radius 3 is 2.09 bits per heavy atom. The molecule has 0 saturated carbocycles. The van der Waals surface area contributed by atoms with Gasteiger partial charge in [-0.15, -0.1) is 0 Å². The summed E-state index contributed by atoms with van der Waals surface area (Å²) in [6, 6.07) is 15.7. The molecule has 0 spiro atoms. The highest BCUT2D eigenvalue weighted by Gasteiger charge is 2.34. The van der Waals surface area contributed by atoms with Crippen molar-refractivity contribution in [1.29, 1.82) is 0 Å². The molecule has 4 aromatic rings. The number of aliphatic hydroxyl groups is 1. The van der Waals surface area contributed by atoms with E-state index in [1.54, 1.807) is 48.5 Å². The molecule has 0 aliphatic carbocycles. The molecule has 1 N–H and O–H groups in total. The number of carbonyl (C=O) groups is 1. The van der Waals surface area contributed by atoms with Gasteiger partial charge in [0.25, 0.3) is 0 Å². The summed E-state index contributed by atoms with van der Waals surface area (Å²) in [6.45, 7) is 0. The summed E-state index contributed by atoms with van der Waals surface area (Å²) in [5, 5.41) is 11.2. The van der Waals surface area contributed by atoms with E-state index in [9.17, 15) is 23.1 Å². The first kappa shape index (κ1) is 24.1. The minimum absolute atomic E-state index is 0.0748. The predicted octanol–water partition coefficient (Wildman–Crippen LogP) is 7.22. The third kappa shape index (κ3) is 4.94. The quantitative estimate of drug-likeness (QED) is 0.184. The largest absolute Gasteiger partial charge is 0.417 e. The van der Waals surface area contributed by atoms with Crippen molar-refractivity contribution in [3.63, 3.8) is 0 Å². The number of alkyl halides is 4. The maximum atomic E-state index is 13.4. The summed E-state index contributed by atoms with van der Waals surface area (Å²) in [4.78, 5) is 16.4. The van der Waals surface area contributed by atoms with Gasteiger partial charge in [-0.3, -0.25) is 4.79 Å². The Bertz CT molecular complexity index is 1320. The van der Waals surface area contributed by atoms with Gasteiger partial charge in [0.15, 0.2) is 5.78 Å². The van der Waals surface area contributed by atoms with Crippen LogP contribution in [0.15, 0.2) is 75.8 Å². The van der Waals surface area contributed by atoms with Crippen molar-refractivity contribution < 1.29 is 23.1 Å². The fourth-order valence-corrected chi connectivity index (χ4v) is 4.43. The first-order valence-corrected chi connectivity index (χ1v) is 12.0. The Kier molecular flexibility index (Phi) is 6.82. The number of ketones is 1. The second-order valence-corrected chi connectivity index (χ2v) is 10.0. The number of halogens is 6. The van der Waals surface area contributed by atoms with Crippen LogP contribution in [0.4, 0.5) is 13.2 Å². The molecule has 2 unspecified atom stereocenters. The van der Waals surface area contributed by atoms with Crippen LogP contribution in [0.2, 0.25) is 0 Å². The van der Waals surface area contributed by atoms with Crippen LogP contribution in [0.25, 0.3) is 16.9 Å². The predicted molar refractivity (Wildman–Crippen MR) is 129 cm³/mol. The van der Waals surface area contributed by atoms with Gasteiger partial charge in [-0.05, 0) is 36.4 Å². The van der Waals surface area contributed by atoms with E-state index in [2.05, 4.69) is 52.8 Å². The van der Waals surface area contributed by atoms with Gasteiger partial charge in [0, 0.05) is 26.3 Å². The van der Waals surface area contributed by atoms with Crippen LogP contribution in [0.3, 0.4) is 0 Å². The number of aliphatic hydroxyl groups excluding tert-OH is 1. The van der Waals surface area contributed by atoms with Gasteiger partial charge in [0.05, 0.1) is 17.0 Å². The molecule has 2 aromatic carbocycles. The molecule has 4 nitrogen and oxygen atoms in total. The van der Waals surface area contributed by atoms with E-state index in [4.69, 9.17) is 0 Å². The number of carbonyl (C=O) groups excluding carboxylic acids is 1. The van der Waals surface area contributed by atoms with Crippen molar-refractivity contribution in [2.24, 2.45) is 0 Å². The summed E-state index contributed by atoms with van der Waals surface area (Å²) in [5.41, 5.74) is 0.599. The second-order valence-electron chi connectivity index (χ2n) is 7.21. The summed E-state index contributed by atoms with van der Waals surface area (Å²) in [7, 11) is 0. The van der Waals surface area contributed by atoms with Crippen LogP contribution in [-0.4, -0.2) is 25.1 Å². The molecular formula is C23H14Br3F3N2O2. The van der Waals surface area contributed by atoms with Crippen molar-refractivity contribution in [1.82, 2.24) is 9.38 Å². The van der Waals surface area contributed by atoms with Crippen molar-refractivity contribution in [2.75, 3.05) is 0 Å². The lowest BCUT2D eigenvalue weighted by Crippen LogP contribution is -2.24. The number of hydrogen-bond donors (Lipinski definition) is 1. The number of pyridine rings is 1. The maximum Gasteiger partial charge on any atom is 0.417 e. The minimum Gasteiger partial charge on any atom is -0.385 e. The van der Waals surface area contributed by atoms with Crippen LogP contribution in [0, 0.1) is 0 Å². The van der Waals surface area contributed by atoms with Crippen molar-refractivity contribution >= 4 is 59.2 Å². The van der Waals surface area contributed by atoms with E-state index in [1.165, 1.54) is 10.5 Å². The minimum atomic E-state index is -4.58. The van der Waals surface area contributed by atoms with Crippen LogP contribution in [0.1, 0.15) is 27.7 Å². The Hall–Kier alpha value is -2.01. The zero-order valence-electron chi connectivity index (χ0n) is 16.5. The molecular weight excluding hydrogens is 633 g/mol. The van der Waals surface area contributed by atoms with E-state index < -0.39 is 28.5 Å². The van der Waals surface area contributed by atoms with Crippen LogP contribution in [-0.2, 0) is 6.18 Å². The maximum absolute atomic E-state index is 13.4. The van der Waals surface area contributed by atoms with E-state index in [0.717, 1.165) is 21.2 Å². The number of hydrogen-bond acceptors (Lipinski definition) is 3. The highest BCUT2D eigenvalue weighted by molar-refractivity contribution is 9.10. The molecule has 10 heteroatoms. The number of rotatable bonds is 5. The third-order valence-corrected chi connectivity index (χ3v) is 7.01. The highest BCUT2D eigenvalue weighted by atomic mass is 79.9. The topological polar surface area (TPSA) is 54.6 Å². The molecule has 0 aliphatic heterocycles. The third-order valence-electron chi connectivity index (χ3n) is 5.04. The van der Waals surface area contributed by atoms with Gasteiger partial charge in [-0.25, -0.2) is 4.98 Å². The number of aromatic nitrogens is 2. The fraction of sp³-hybridized carbons (Fsp3) is 0.130. The number of benzene rings is 2. The first-order chi connectivity index (χ1) is 15.6. The molecule has 2 heterocycles. The normalized spacial score (nSPS) is 13.8. The summed E-state index contributed by atoms with van der Waals surface area (Å²) >= 11 is 9.92. The first-order valence-electron chi connectivity index (χ1n) is 9.53. The van der Waals surface area contributed by atoms with E-state index in [1.807, 2.05) is 0 Å². The van der Waals surface area contributed by atoms with Crippen LogP contribution in [0.5, 0.6) is 0 Å². The van der Waals surface area contributed by atoms with E-state index in [0.29, 0.717) is 11.1 Å². The van der Waals surface area contributed by atoms with Gasteiger partial charge in [0.1, 0.15) is 16.6 Å². The van der Waals surface area contributed by atoms with E-state index >= 15 is 0 Å². The smallest absolute Gasteiger partial charge is 0.385 e. The number of imidazole rings is 1. The van der Waals surface area contributed by atoms with Gasteiger partial charge < -0.3 is 9.51 Å². The Morgan fingerprint density at radius 1 is 0.939 bits per heavy atom. The molecule has 0 radical (unpaired) electrons. The zero-order chi connectivity index (χ0) is 23.9. The lowest BCUT2D eigenvalue weighted by atomic mass is 10.00. The molecule has 2 atom stereocenters. The van der Waals surface area contributed by atoms with Gasteiger partial charge in [0.2, 0.25) is 0 Å². The standard InChI is InChI=1S/C23H14Br3F3N2O2/c24-15-6-1-12(2-7-15)19-20(31-11-14(23(27,28)29)5-10-17(31)30-19)22(33)18(26)21(32)13-3-8-16(25)9-4-13/h1-11,18,22,33H. The second kappa shape index (κ2) is 9.32. The van der Waals surface area contributed by atoms with E-state index in [-0.39, 0.29) is 17.0 Å². The molecule has 0 bridgehead atoms. The Balaban J connectivity index is 1.86. The number of fused-ring (bicyclic) bond motifs is 1. The molecule has 0 fully saturated rings. The molecule has 2 aromatic heterocycles. The molecule has 0 amide bonds. The molecule has 4 rings (SSSR count). The van der Waals surface area contributed by atoms with Gasteiger partial charge in [-0.2, -0.15) is 13.2 Å². The summed E-state index contributed by atoms with van der Waals surface area (Å²) < 4.78 is 43.0. The molecule has 33 heavy (non-hydrogen) atoms. The van der Waals surface area contributed by atoms with Crippen LogP contribution >= 0.6 is 47.8 Å². The van der Waals surface area contributed by atoms with Crippen molar-refractivity contribution in [3.8, 4) is 11.3 Å². The van der Waals surface area contributed by atoms with Crippen molar-refractivity contribution in [3.05, 3.63) is 92.6 Å². The summed E-state index contributed by atoms with van der Waals surface area (Å²) in [6.07, 6.45) is -5.19. The van der Waals surface area contributed by atoms with Crippen molar-refractivity contribution in [2.45, 2.75) is 17.1 Å². The molecule has 170 valence electrons. The average molecular weight is 647 g/mol. The van der Waals surface area contributed by atoms with Gasteiger partial charge in [-0.1, -0.05) is 72.1 Å². The lowest BCUT2D eigenvalue weighted by molar-refractivity contribution is -0.137. The molecule has 0 saturated heterocycles. The Labute approximate surface area is 211 Å². The van der Waals surface area contributed by atoms with Crippen LogP contribution < -0.4 is 0 Å². The SMILES string of the molecule is O=C(c1ccc(Br)cc1)C(Br)C(O)c1c(-c2ccc(Br)cc2)nc2ccc(C(F)(F)F)cn12. The lowest BCUT2D eigenvalue weighted by Gasteiger charge is -2.19. The monoisotopic (exact) mass is 644 g/mol. The highest BCUT2D eigenvalue weighted by Crippen LogP contribution is 2.36. The number of nitrogens with zero attached hydrogens (tertiary/aromatic N) is 2. The van der Waals surface area contributed by atoms with Gasteiger partial charge >= 0.3 is 6.18 Å². The number of Topliss-reactive ketones (excluding diaryl/α,β-unsaturated/α-hetero) is 1. The fourth-order valence-electron chi connectivity index (χ4n) is 3.39. The Morgan fingerprint density at radius 2 is 1.52 bits per heavy atom. The summed E-state index contributed by atoms with van der Waals surface area (Å²) in [5.74, 6) is -0.418.